The molecule has 0 aromatic heterocycles. The zero-order valence-corrected chi connectivity index (χ0v) is 11.4. The van der Waals surface area contributed by atoms with Gasteiger partial charge >= 0.3 is 0 Å². The molecule has 0 spiro atoms. The smallest absolute Gasteiger partial charge is 0.120 e. The first-order valence-corrected chi connectivity index (χ1v) is 6.55. The molecule has 2 rings (SSSR count). The van der Waals surface area contributed by atoms with Gasteiger partial charge in [0.2, 0.25) is 0 Å². The Kier molecular flexibility index (Phi) is 3.55. The monoisotopic (exact) mass is 283 g/mol. The second-order valence-corrected chi connectivity index (χ2v) is 5.84. The van der Waals surface area contributed by atoms with E-state index in [1.807, 2.05) is 12.1 Å². The molecule has 1 saturated heterocycles. The summed E-state index contributed by atoms with van der Waals surface area (Å²) in [5.74, 6) is 1.92. The van der Waals surface area contributed by atoms with Gasteiger partial charge in [0.1, 0.15) is 5.75 Å². The van der Waals surface area contributed by atoms with Crippen molar-refractivity contribution in [1.29, 1.82) is 0 Å². The van der Waals surface area contributed by atoms with Crippen LogP contribution in [0, 0.1) is 11.8 Å². The van der Waals surface area contributed by atoms with Crippen molar-refractivity contribution in [2.45, 2.75) is 20.4 Å². The third-order valence-corrected chi connectivity index (χ3v) is 3.99. The number of rotatable bonds is 2. The van der Waals surface area contributed by atoms with Crippen LogP contribution in [0.5, 0.6) is 5.75 Å². The van der Waals surface area contributed by atoms with Crippen LogP contribution in [0.3, 0.4) is 0 Å². The second-order valence-electron chi connectivity index (χ2n) is 4.92. The largest absolute Gasteiger partial charge is 0.508 e. The highest BCUT2D eigenvalue weighted by Gasteiger charge is 2.26. The van der Waals surface area contributed by atoms with Crippen LogP contribution >= 0.6 is 15.9 Å². The molecule has 3 heteroatoms. The average Bonchev–Trinajstić information content (AvgIpc) is 2.52. The van der Waals surface area contributed by atoms with Crippen molar-refractivity contribution in [2.75, 3.05) is 13.1 Å². The molecule has 0 bridgehead atoms. The number of hydrogen-bond acceptors (Lipinski definition) is 2. The fourth-order valence-electron chi connectivity index (χ4n) is 2.30. The van der Waals surface area contributed by atoms with Crippen LogP contribution in [0.2, 0.25) is 0 Å². The van der Waals surface area contributed by atoms with Gasteiger partial charge in [-0.25, -0.2) is 0 Å². The van der Waals surface area contributed by atoms with Crippen LogP contribution in [0.25, 0.3) is 0 Å². The third kappa shape index (κ3) is 2.58. The van der Waals surface area contributed by atoms with Gasteiger partial charge in [-0.1, -0.05) is 29.8 Å². The van der Waals surface area contributed by atoms with E-state index in [1.165, 1.54) is 0 Å². The average molecular weight is 284 g/mol. The van der Waals surface area contributed by atoms with Crippen molar-refractivity contribution in [2.24, 2.45) is 11.8 Å². The van der Waals surface area contributed by atoms with Gasteiger partial charge in [0.05, 0.1) is 0 Å². The van der Waals surface area contributed by atoms with Gasteiger partial charge in [-0.2, -0.15) is 0 Å². The molecule has 1 heterocycles. The summed E-state index contributed by atoms with van der Waals surface area (Å²) in [4.78, 5) is 2.41. The van der Waals surface area contributed by atoms with Gasteiger partial charge in [-0.05, 0) is 30.0 Å². The predicted octanol–water partition coefficient (Wildman–Crippen LogP) is 3.24. The van der Waals surface area contributed by atoms with Crippen molar-refractivity contribution >= 4 is 15.9 Å². The first kappa shape index (κ1) is 11.9. The Hall–Kier alpha value is -0.540. The second kappa shape index (κ2) is 4.76. The van der Waals surface area contributed by atoms with Crippen LogP contribution in [0.15, 0.2) is 22.7 Å². The summed E-state index contributed by atoms with van der Waals surface area (Å²) in [5, 5.41) is 9.78. The number of hydrogen-bond donors (Lipinski definition) is 1. The molecule has 2 atom stereocenters. The zero-order chi connectivity index (χ0) is 11.7. The highest BCUT2D eigenvalue weighted by molar-refractivity contribution is 9.10. The molecule has 0 amide bonds. The van der Waals surface area contributed by atoms with Gasteiger partial charge in [-0.3, -0.25) is 4.90 Å². The molecule has 16 heavy (non-hydrogen) atoms. The lowest BCUT2D eigenvalue weighted by Gasteiger charge is -2.16. The molecular weight excluding hydrogens is 266 g/mol. The van der Waals surface area contributed by atoms with Crippen LogP contribution in [-0.4, -0.2) is 23.1 Å². The molecule has 2 nitrogen and oxygen atoms in total. The summed E-state index contributed by atoms with van der Waals surface area (Å²) in [7, 11) is 0. The van der Waals surface area contributed by atoms with E-state index in [0.29, 0.717) is 5.75 Å². The lowest BCUT2D eigenvalue weighted by molar-refractivity contribution is 0.310. The first-order valence-electron chi connectivity index (χ1n) is 5.76. The Morgan fingerprint density at radius 3 is 2.56 bits per heavy atom. The summed E-state index contributed by atoms with van der Waals surface area (Å²) in [6.45, 7) is 7.71. The van der Waals surface area contributed by atoms with Crippen molar-refractivity contribution < 1.29 is 5.11 Å². The van der Waals surface area contributed by atoms with Gasteiger partial charge < -0.3 is 5.11 Å². The molecule has 1 aromatic rings. The summed E-state index contributed by atoms with van der Waals surface area (Å²) >= 11 is 3.44. The highest BCUT2D eigenvalue weighted by Crippen LogP contribution is 2.27. The lowest BCUT2D eigenvalue weighted by atomic mass is 10.0. The van der Waals surface area contributed by atoms with E-state index in [9.17, 15) is 5.11 Å². The first-order chi connectivity index (χ1) is 7.56. The van der Waals surface area contributed by atoms with Gasteiger partial charge in [0.15, 0.2) is 0 Å². The van der Waals surface area contributed by atoms with Crippen LogP contribution in [-0.2, 0) is 6.54 Å². The summed E-state index contributed by atoms with van der Waals surface area (Å²) in [6, 6.07) is 5.62. The van der Waals surface area contributed by atoms with Crippen LogP contribution < -0.4 is 0 Å². The molecule has 1 aromatic carbocycles. The minimum atomic E-state index is 0.399. The SMILES string of the molecule is CC1CN(Cc2cc(Br)ccc2O)CC1C. The predicted molar refractivity (Wildman–Crippen MR) is 69.4 cm³/mol. The number of phenols is 1. The van der Waals surface area contributed by atoms with Gasteiger partial charge in [-0.15, -0.1) is 0 Å². The van der Waals surface area contributed by atoms with E-state index in [2.05, 4.69) is 34.7 Å². The van der Waals surface area contributed by atoms with E-state index in [0.717, 1.165) is 41.5 Å². The molecule has 0 radical (unpaired) electrons. The zero-order valence-electron chi connectivity index (χ0n) is 9.78. The maximum atomic E-state index is 9.78. The lowest BCUT2D eigenvalue weighted by Crippen LogP contribution is -2.20. The number of halogens is 1. The quantitative estimate of drug-likeness (QED) is 0.901. The normalized spacial score (nSPS) is 26.2. The summed E-state index contributed by atoms with van der Waals surface area (Å²) in [5.41, 5.74) is 1.01. The van der Waals surface area contributed by atoms with Crippen molar-refractivity contribution in [3.05, 3.63) is 28.2 Å². The molecular formula is C13H18BrNO. The third-order valence-electron chi connectivity index (χ3n) is 3.50. The Balaban J connectivity index is 2.07. The maximum Gasteiger partial charge on any atom is 0.120 e. The Bertz CT molecular complexity index is 370. The van der Waals surface area contributed by atoms with E-state index in [-0.39, 0.29) is 0 Å². The van der Waals surface area contributed by atoms with Crippen LogP contribution in [0.1, 0.15) is 19.4 Å². The van der Waals surface area contributed by atoms with Gasteiger partial charge in [0, 0.05) is 29.7 Å². The van der Waals surface area contributed by atoms with E-state index < -0.39 is 0 Å². The fourth-order valence-corrected chi connectivity index (χ4v) is 2.71. The molecule has 88 valence electrons. The Morgan fingerprint density at radius 1 is 1.31 bits per heavy atom. The number of likely N-dealkylation sites (tertiary alicyclic amines) is 1. The minimum Gasteiger partial charge on any atom is -0.508 e. The Morgan fingerprint density at radius 2 is 1.94 bits per heavy atom. The fraction of sp³-hybridized carbons (Fsp3) is 0.538. The molecule has 1 N–H and O–H groups in total. The highest BCUT2D eigenvalue weighted by atomic mass is 79.9. The number of aromatic hydroxyl groups is 1. The molecule has 2 unspecified atom stereocenters. The van der Waals surface area contributed by atoms with Gasteiger partial charge in [0.25, 0.3) is 0 Å². The van der Waals surface area contributed by atoms with Crippen molar-refractivity contribution in [1.82, 2.24) is 4.90 Å². The molecule has 1 aliphatic rings. The molecule has 0 aliphatic carbocycles. The standard InChI is InChI=1S/C13H18BrNO/c1-9-6-15(7-10(9)2)8-11-5-12(14)3-4-13(11)16/h3-5,9-10,16H,6-8H2,1-2H3. The van der Waals surface area contributed by atoms with E-state index in [4.69, 9.17) is 0 Å². The number of phenolic OH excluding ortho intramolecular Hbond substituents is 1. The molecule has 1 fully saturated rings. The Labute approximate surface area is 105 Å². The summed E-state index contributed by atoms with van der Waals surface area (Å²) < 4.78 is 1.03. The van der Waals surface area contributed by atoms with Crippen molar-refractivity contribution in [3.8, 4) is 5.75 Å². The number of nitrogens with zero attached hydrogens (tertiary/aromatic N) is 1. The van der Waals surface area contributed by atoms with E-state index in [1.54, 1.807) is 6.07 Å². The summed E-state index contributed by atoms with van der Waals surface area (Å²) in [6.07, 6.45) is 0. The molecule has 0 saturated carbocycles. The maximum absolute atomic E-state index is 9.78. The van der Waals surface area contributed by atoms with E-state index >= 15 is 0 Å². The minimum absolute atomic E-state index is 0.399. The van der Waals surface area contributed by atoms with Crippen molar-refractivity contribution in [3.63, 3.8) is 0 Å². The van der Waals surface area contributed by atoms with Crippen LogP contribution in [0.4, 0.5) is 0 Å². The topological polar surface area (TPSA) is 23.5 Å². The molecule has 1 aliphatic heterocycles. The number of benzene rings is 1.